The van der Waals surface area contributed by atoms with Crippen LogP contribution in [0.15, 0.2) is 0 Å². The summed E-state index contributed by atoms with van der Waals surface area (Å²) in [5.74, 6) is 2.66. The van der Waals surface area contributed by atoms with Crippen molar-refractivity contribution in [3.05, 3.63) is 11.4 Å². The molecule has 1 aromatic rings. The van der Waals surface area contributed by atoms with E-state index >= 15 is 0 Å². The standard InChI is InChI=1S/C12H20N4O/c1-8-11(13-3)14-9(2)15-12(8)16-6-4-10(17)5-7-16/h10,17H,4-7H2,1-3H3,(H,13,14,15). The van der Waals surface area contributed by atoms with Crippen LogP contribution in [0.2, 0.25) is 0 Å². The molecule has 17 heavy (non-hydrogen) atoms. The number of aliphatic hydroxyl groups excluding tert-OH is 1. The number of aliphatic hydroxyl groups is 1. The number of piperidine rings is 1. The molecule has 0 saturated carbocycles. The molecule has 0 radical (unpaired) electrons. The predicted octanol–water partition coefficient (Wildman–Crippen LogP) is 1.10. The van der Waals surface area contributed by atoms with Crippen molar-refractivity contribution in [3.63, 3.8) is 0 Å². The minimum absolute atomic E-state index is 0.154. The predicted molar refractivity (Wildman–Crippen MR) is 68.5 cm³/mol. The van der Waals surface area contributed by atoms with E-state index in [0.29, 0.717) is 0 Å². The lowest BCUT2D eigenvalue weighted by atomic mass is 10.1. The monoisotopic (exact) mass is 236 g/mol. The van der Waals surface area contributed by atoms with E-state index in [1.54, 1.807) is 0 Å². The van der Waals surface area contributed by atoms with Crippen LogP contribution in [-0.2, 0) is 0 Å². The zero-order valence-corrected chi connectivity index (χ0v) is 10.7. The number of nitrogens with one attached hydrogen (secondary N) is 1. The first-order valence-electron chi connectivity index (χ1n) is 6.08. The Morgan fingerprint density at radius 3 is 2.47 bits per heavy atom. The number of hydrogen-bond acceptors (Lipinski definition) is 5. The topological polar surface area (TPSA) is 61.3 Å². The van der Waals surface area contributed by atoms with Crippen LogP contribution in [-0.4, -0.2) is 41.3 Å². The highest BCUT2D eigenvalue weighted by atomic mass is 16.3. The van der Waals surface area contributed by atoms with Gasteiger partial charge in [-0.05, 0) is 26.7 Å². The molecule has 0 spiro atoms. The van der Waals surface area contributed by atoms with Crippen molar-refractivity contribution in [1.82, 2.24) is 9.97 Å². The molecular formula is C12H20N4O. The third kappa shape index (κ3) is 2.49. The van der Waals surface area contributed by atoms with Gasteiger partial charge in [0.1, 0.15) is 17.5 Å². The van der Waals surface area contributed by atoms with Crippen LogP contribution in [0.3, 0.4) is 0 Å². The van der Waals surface area contributed by atoms with Gasteiger partial charge < -0.3 is 15.3 Å². The number of aryl methyl sites for hydroxylation is 1. The average molecular weight is 236 g/mol. The summed E-state index contributed by atoms with van der Waals surface area (Å²) in [6.07, 6.45) is 1.48. The van der Waals surface area contributed by atoms with Crippen molar-refractivity contribution >= 4 is 11.6 Å². The summed E-state index contributed by atoms with van der Waals surface area (Å²) in [6.45, 7) is 5.66. The molecule has 1 aromatic heterocycles. The van der Waals surface area contributed by atoms with Crippen LogP contribution >= 0.6 is 0 Å². The summed E-state index contributed by atoms with van der Waals surface area (Å²) in [5.41, 5.74) is 1.08. The van der Waals surface area contributed by atoms with Gasteiger partial charge in [-0.1, -0.05) is 0 Å². The summed E-state index contributed by atoms with van der Waals surface area (Å²) in [6, 6.07) is 0. The molecule has 1 fully saturated rings. The molecule has 5 nitrogen and oxygen atoms in total. The summed E-state index contributed by atoms with van der Waals surface area (Å²) < 4.78 is 0. The molecule has 2 heterocycles. The van der Waals surface area contributed by atoms with Gasteiger partial charge in [-0.15, -0.1) is 0 Å². The minimum atomic E-state index is -0.154. The maximum Gasteiger partial charge on any atom is 0.137 e. The van der Waals surface area contributed by atoms with E-state index in [9.17, 15) is 5.11 Å². The van der Waals surface area contributed by atoms with Crippen LogP contribution < -0.4 is 10.2 Å². The molecule has 0 atom stereocenters. The second kappa shape index (κ2) is 4.87. The second-order valence-corrected chi connectivity index (χ2v) is 4.54. The number of hydrogen-bond donors (Lipinski definition) is 2. The molecule has 5 heteroatoms. The molecular weight excluding hydrogens is 216 g/mol. The number of anilines is 2. The molecule has 1 aliphatic rings. The van der Waals surface area contributed by atoms with Crippen LogP contribution in [0.4, 0.5) is 11.6 Å². The molecule has 94 valence electrons. The second-order valence-electron chi connectivity index (χ2n) is 4.54. The molecule has 0 unspecified atom stereocenters. The van der Waals surface area contributed by atoms with Gasteiger partial charge in [0.2, 0.25) is 0 Å². The molecule has 2 N–H and O–H groups in total. The fourth-order valence-electron chi connectivity index (χ4n) is 2.24. The van der Waals surface area contributed by atoms with Crippen molar-refractivity contribution in [2.75, 3.05) is 30.4 Å². The lowest BCUT2D eigenvalue weighted by Crippen LogP contribution is -2.37. The van der Waals surface area contributed by atoms with Gasteiger partial charge in [0.15, 0.2) is 0 Å². The third-order valence-electron chi connectivity index (χ3n) is 3.23. The summed E-state index contributed by atoms with van der Waals surface area (Å²) >= 11 is 0. The smallest absolute Gasteiger partial charge is 0.137 e. The Labute approximate surface area is 102 Å². The minimum Gasteiger partial charge on any atom is -0.393 e. The normalized spacial score (nSPS) is 17.3. The Kier molecular flexibility index (Phi) is 3.47. The average Bonchev–Trinajstić information content (AvgIpc) is 2.33. The SMILES string of the molecule is CNc1nc(C)nc(N2CCC(O)CC2)c1C. The summed E-state index contributed by atoms with van der Waals surface area (Å²) in [4.78, 5) is 11.1. The fourth-order valence-corrected chi connectivity index (χ4v) is 2.24. The first kappa shape index (κ1) is 12.1. The number of nitrogens with zero attached hydrogens (tertiary/aromatic N) is 3. The highest BCUT2D eigenvalue weighted by molar-refractivity contribution is 5.58. The highest BCUT2D eigenvalue weighted by Gasteiger charge is 2.21. The maximum atomic E-state index is 9.53. The summed E-state index contributed by atoms with van der Waals surface area (Å²) in [7, 11) is 1.87. The lowest BCUT2D eigenvalue weighted by molar-refractivity contribution is 0.145. The van der Waals surface area contributed by atoms with Gasteiger partial charge in [-0.2, -0.15) is 0 Å². The van der Waals surface area contributed by atoms with Crippen molar-refractivity contribution in [1.29, 1.82) is 0 Å². The Morgan fingerprint density at radius 1 is 1.24 bits per heavy atom. The first-order valence-corrected chi connectivity index (χ1v) is 6.08. The molecule has 0 aromatic carbocycles. The van der Waals surface area contributed by atoms with Crippen molar-refractivity contribution in [2.24, 2.45) is 0 Å². The van der Waals surface area contributed by atoms with Gasteiger partial charge in [-0.25, -0.2) is 9.97 Å². The first-order chi connectivity index (χ1) is 8.11. The van der Waals surface area contributed by atoms with Gasteiger partial charge in [0, 0.05) is 25.7 Å². The number of rotatable bonds is 2. The maximum absolute atomic E-state index is 9.53. The fraction of sp³-hybridized carbons (Fsp3) is 0.667. The zero-order valence-electron chi connectivity index (χ0n) is 10.7. The van der Waals surface area contributed by atoms with E-state index in [1.807, 2.05) is 20.9 Å². The highest BCUT2D eigenvalue weighted by Crippen LogP contribution is 2.25. The largest absolute Gasteiger partial charge is 0.393 e. The van der Waals surface area contributed by atoms with Gasteiger partial charge >= 0.3 is 0 Å². The van der Waals surface area contributed by atoms with E-state index in [2.05, 4.69) is 20.2 Å². The van der Waals surface area contributed by atoms with Crippen LogP contribution in [0.5, 0.6) is 0 Å². The molecule has 2 rings (SSSR count). The van der Waals surface area contributed by atoms with E-state index < -0.39 is 0 Å². The van der Waals surface area contributed by atoms with Crippen LogP contribution in [0, 0.1) is 13.8 Å². The van der Waals surface area contributed by atoms with Gasteiger partial charge in [-0.3, -0.25) is 0 Å². The Hall–Kier alpha value is -1.36. The quantitative estimate of drug-likeness (QED) is 0.805. The zero-order chi connectivity index (χ0) is 12.4. The van der Waals surface area contributed by atoms with Crippen molar-refractivity contribution in [2.45, 2.75) is 32.8 Å². The van der Waals surface area contributed by atoms with E-state index in [1.165, 1.54) is 0 Å². The third-order valence-corrected chi connectivity index (χ3v) is 3.23. The molecule has 0 aliphatic carbocycles. The summed E-state index contributed by atoms with van der Waals surface area (Å²) in [5, 5.41) is 12.6. The molecule has 1 saturated heterocycles. The number of aromatic nitrogens is 2. The van der Waals surface area contributed by atoms with E-state index in [-0.39, 0.29) is 6.10 Å². The van der Waals surface area contributed by atoms with Gasteiger partial charge in [0.25, 0.3) is 0 Å². The van der Waals surface area contributed by atoms with Crippen LogP contribution in [0.1, 0.15) is 24.2 Å². The van der Waals surface area contributed by atoms with Gasteiger partial charge in [0.05, 0.1) is 6.10 Å². The Bertz CT molecular complexity index is 400. The van der Waals surface area contributed by atoms with Crippen LogP contribution in [0.25, 0.3) is 0 Å². The molecule has 0 amide bonds. The lowest BCUT2D eigenvalue weighted by Gasteiger charge is -2.31. The van der Waals surface area contributed by atoms with E-state index in [0.717, 1.165) is 49.0 Å². The molecule has 0 bridgehead atoms. The van der Waals surface area contributed by atoms with Crippen molar-refractivity contribution < 1.29 is 5.11 Å². The van der Waals surface area contributed by atoms with E-state index in [4.69, 9.17) is 0 Å². The Balaban J connectivity index is 2.28. The van der Waals surface area contributed by atoms with Crippen molar-refractivity contribution in [3.8, 4) is 0 Å². The Morgan fingerprint density at radius 2 is 1.88 bits per heavy atom. The molecule has 1 aliphatic heterocycles.